The van der Waals surface area contributed by atoms with E-state index in [-0.39, 0.29) is 43.2 Å². The lowest BCUT2D eigenvalue weighted by Gasteiger charge is -2.20. The lowest BCUT2D eigenvalue weighted by Crippen LogP contribution is -2.32. The smallest absolute Gasteiger partial charge is 0.279 e. The number of sulfonamides is 1. The van der Waals surface area contributed by atoms with E-state index in [1.807, 2.05) is 35.8 Å². The minimum Gasteiger partial charge on any atom is -0.454 e. The van der Waals surface area contributed by atoms with Crippen molar-refractivity contribution in [2.24, 2.45) is 4.99 Å². The number of carbonyl (C=O) groups excluding carboxylic acids is 1. The zero-order valence-corrected chi connectivity index (χ0v) is 20.4. The summed E-state index contributed by atoms with van der Waals surface area (Å²) < 4.78 is 40.7. The Kier molecular flexibility index (Phi) is 7.17. The molecule has 12 heteroatoms. The second-order valence-electron chi connectivity index (χ2n) is 7.46. The number of thiazole rings is 1. The molecule has 1 aliphatic heterocycles. The maximum absolute atomic E-state index is 13.0. The van der Waals surface area contributed by atoms with Gasteiger partial charge < -0.3 is 14.0 Å². The number of aryl methyl sites for hydroxylation is 1. The third-order valence-electron chi connectivity index (χ3n) is 5.38. The Morgan fingerprint density at radius 2 is 1.74 bits per heavy atom. The molecule has 35 heavy (non-hydrogen) atoms. The van der Waals surface area contributed by atoms with Crippen molar-refractivity contribution in [2.75, 3.05) is 19.9 Å². The van der Waals surface area contributed by atoms with Crippen LogP contribution in [0.4, 0.5) is 0 Å². The number of rotatable bonds is 8. The number of ether oxygens (including phenoxy) is 2. The van der Waals surface area contributed by atoms with Crippen molar-refractivity contribution < 1.29 is 22.7 Å². The molecule has 0 radical (unpaired) electrons. The molecule has 1 aliphatic rings. The topological polar surface area (TPSA) is 138 Å². The number of amides is 1. The molecule has 3 aromatic rings. The average molecular weight is 512 g/mol. The van der Waals surface area contributed by atoms with Crippen molar-refractivity contribution in [3.8, 4) is 23.6 Å². The molecule has 2 heterocycles. The molecule has 180 valence electrons. The zero-order chi connectivity index (χ0) is 25.0. The maximum Gasteiger partial charge on any atom is 0.279 e. The van der Waals surface area contributed by atoms with Crippen molar-refractivity contribution in [1.29, 1.82) is 10.5 Å². The lowest BCUT2D eigenvalue weighted by molar-refractivity contribution is 0.0997. The van der Waals surface area contributed by atoms with Crippen LogP contribution in [0.3, 0.4) is 0 Å². The summed E-state index contributed by atoms with van der Waals surface area (Å²) in [5, 5.41) is 17.6. The van der Waals surface area contributed by atoms with E-state index in [1.54, 1.807) is 0 Å². The van der Waals surface area contributed by atoms with Crippen LogP contribution in [0, 0.1) is 22.7 Å². The minimum absolute atomic E-state index is 0.00788. The highest BCUT2D eigenvalue weighted by Crippen LogP contribution is 2.37. The van der Waals surface area contributed by atoms with Crippen LogP contribution in [-0.4, -0.2) is 43.1 Å². The quantitative estimate of drug-likeness (QED) is 0.453. The third kappa shape index (κ3) is 4.91. The molecule has 0 unspecified atom stereocenters. The predicted octanol–water partition coefficient (Wildman–Crippen LogP) is 3.01. The minimum atomic E-state index is -3.92. The van der Waals surface area contributed by atoms with E-state index in [9.17, 15) is 13.2 Å². The number of aromatic nitrogens is 1. The van der Waals surface area contributed by atoms with Gasteiger partial charge in [-0.25, -0.2) is 8.42 Å². The Bertz CT molecular complexity index is 1510. The van der Waals surface area contributed by atoms with Gasteiger partial charge in [-0.15, -0.1) is 0 Å². The Labute approximate surface area is 205 Å². The van der Waals surface area contributed by atoms with E-state index in [0.717, 1.165) is 14.5 Å². The molecule has 2 aromatic carbocycles. The highest BCUT2D eigenvalue weighted by atomic mass is 32.2. The first-order valence-electron chi connectivity index (χ1n) is 10.7. The summed E-state index contributed by atoms with van der Waals surface area (Å²) in [7, 11) is -3.92. The monoisotopic (exact) mass is 511 g/mol. The number of carbonyl (C=O) groups is 1. The number of nitrogens with zero attached hydrogens (tertiary/aromatic N) is 5. The molecule has 0 saturated carbocycles. The molecular weight excluding hydrogens is 490 g/mol. The summed E-state index contributed by atoms with van der Waals surface area (Å²) in [5.74, 6) is 0.787. The van der Waals surface area contributed by atoms with E-state index in [2.05, 4.69) is 4.99 Å². The van der Waals surface area contributed by atoms with Gasteiger partial charge in [0.05, 0.1) is 27.3 Å². The fourth-order valence-corrected chi connectivity index (χ4v) is 6.17. The largest absolute Gasteiger partial charge is 0.454 e. The summed E-state index contributed by atoms with van der Waals surface area (Å²) in [6.07, 6.45) is 0.0158. The first-order valence-corrected chi connectivity index (χ1v) is 13.0. The van der Waals surface area contributed by atoms with Crippen molar-refractivity contribution in [3.05, 3.63) is 46.8 Å². The lowest BCUT2D eigenvalue weighted by atomic mass is 10.2. The van der Waals surface area contributed by atoms with Crippen LogP contribution >= 0.6 is 11.3 Å². The van der Waals surface area contributed by atoms with Crippen LogP contribution in [0.1, 0.15) is 30.1 Å². The van der Waals surface area contributed by atoms with Crippen molar-refractivity contribution in [2.45, 2.75) is 31.2 Å². The summed E-state index contributed by atoms with van der Waals surface area (Å²) >= 11 is 1.35. The van der Waals surface area contributed by atoms with Crippen LogP contribution in [-0.2, 0) is 16.6 Å². The highest BCUT2D eigenvalue weighted by molar-refractivity contribution is 7.89. The predicted molar refractivity (Wildman–Crippen MR) is 127 cm³/mol. The normalized spacial score (nSPS) is 13.2. The summed E-state index contributed by atoms with van der Waals surface area (Å²) in [6, 6.07) is 13.0. The first kappa shape index (κ1) is 24.4. The Morgan fingerprint density at radius 3 is 2.34 bits per heavy atom. The van der Waals surface area contributed by atoms with Gasteiger partial charge in [-0.1, -0.05) is 11.3 Å². The standard InChI is InChI=1S/C23H21N5O5S2/c1-2-28-18-13-19-20(33-15-32-19)14-21(18)34-23(28)26-22(29)16-5-7-17(8-6-16)35(30,31)27(11-3-9-24)12-4-10-25/h5-8,13-14H,2-4,11-12,15H2,1H3. The van der Waals surface area contributed by atoms with Crippen molar-refractivity contribution in [1.82, 2.24) is 8.87 Å². The Hall–Kier alpha value is -3.71. The van der Waals surface area contributed by atoms with Crippen LogP contribution in [0.2, 0.25) is 0 Å². The van der Waals surface area contributed by atoms with Crippen LogP contribution in [0.15, 0.2) is 46.3 Å². The fourth-order valence-electron chi connectivity index (χ4n) is 3.62. The van der Waals surface area contributed by atoms with Crippen molar-refractivity contribution in [3.63, 3.8) is 0 Å². The molecular formula is C23H21N5O5S2. The molecule has 0 fully saturated rings. The molecule has 0 spiro atoms. The van der Waals surface area contributed by atoms with Gasteiger partial charge in [0.1, 0.15) is 0 Å². The SMILES string of the molecule is CCn1c(=NC(=O)c2ccc(S(=O)(=O)N(CCC#N)CCC#N)cc2)sc2cc3c(cc21)OCO3. The molecule has 0 N–H and O–H groups in total. The van der Waals surface area contributed by atoms with E-state index in [4.69, 9.17) is 20.0 Å². The van der Waals surface area contributed by atoms with E-state index in [0.29, 0.717) is 22.8 Å². The first-order chi connectivity index (χ1) is 16.9. The van der Waals surface area contributed by atoms with Gasteiger partial charge in [0, 0.05) is 50.2 Å². The number of hydrogen-bond acceptors (Lipinski definition) is 8. The number of benzene rings is 2. The number of nitriles is 2. The fraction of sp³-hybridized carbons (Fsp3) is 0.304. The Balaban J connectivity index is 1.62. The van der Waals surface area contributed by atoms with Crippen LogP contribution in [0.25, 0.3) is 10.2 Å². The van der Waals surface area contributed by atoms with E-state index < -0.39 is 15.9 Å². The summed E-state index contributed by atoms with van der Waals surface area (Å²) in [5.41, 5.74) is 1.11. The van der Waals surface area contributed by atoms with Crippen LogP contribution < -0.4 is 14.3 Å². The zero-order valence-electron chi connectivity index (χ0n) is 18.8. The molecule has 0 saturated heterocycles. The molecule has 0 aliphatic carbocycles. The van der Waals surface area contributed by atoms with Gasteiger partial charge in [-0.05, 0) is 31.2 Å². The van der Waals surface area contributed by atoms with Crippen LogP contribution in [0.5, 0.6) is 11.5 Å². The van der Waals surface area contributed by atoms with Gasteiger partial charge in [0.2, 0.25) is 16.8 Å². The second kappa shape index (κ2) is 10.3. The van der Waals surface area contributed by atoms with Gasteiger partial charge in [0.15, 0.2) is 16.3 Å². The van der Waals surface area contributed by atoms with Gasteiger partial charge in [0.25, 0.3) is 5.91 Å². The Morgan fingerprint density at radius 1 is 1.11 bits per heavy atom. The third-order valence-corrected chi connectivity index (χ3v) is 8.33. The van der Waals surface area contributed by atoms with Gasteiger partial charge in [-0.3, -0.25) is 4.79 Å². The molecule has 1 amide bonds. The van der Waals surface area contributed by atoms with Gasteiger partial charge >= 0.3 is 0 Å². The number of fused-ring (bicyclic) bond motifs is 2. The second-order valence-corrected chi connectivity index (χ2v) is 10.4. The number of hydrogen-bond donors (Lipinski definition) is 0. The highest BCUT2D eigenvalue weighted by Gasteiger charge is 2.24. The molecule has 0 atom stereocenters. The maximum atomic E-state index is 13.0. The van der Waals surface area contributed by atoms with Gasteiger partial charge in [-0.2, -0.15) is 19.8 Å². The molecule has 4 rings (SSSR count). The van der Waals surface area contributed by atoms with E-state index in [1.165, 1.54) is 35.6 Å². The molecule has 0 bridgehead atoms. The summed E-state index contributed by atoms with van der Waals surface area (Å²) in [6.45, 7) is 2.68. The van der Waals surface area contributed by atoms with E-state index >= 15 is 0 Å². The molecule has 1 aromatic heterocycles. The summed E-state index contributed by atoms with van der Waals surface area (Å²) in [4.78, 5) is 17.6. The average Bonchev–Trinajstić information content (AvgIpc) is 3.45. The van der Waals surface area contributed by atoms with Crippen molar-refractivity contribution >= 4 is 37.5 Å². The molecule has 10 nitrogen and oxygen atoms in total.